The Bertz CT molecular complexity index is 477. The van der Waals surface area contributed by atoms with Gasteiger partial charge in [0.1, 0.15) is 0 Å². The molecule has 0 bridgehead atoms. The van der Waals surface area contributed by atoms with Crippen LogP contribution in [0.1, 0.15) is 23.2 Å². The van der Waals surface area contributed by atoms with Crippen LogP contribution >= 0.6 is 22.6 Å². The number of hydrogen-bond donors (Lipinski definition) is 1. The average molecular weight is 356 g/mol. The second-order valence-electron chi connectivity index (χ2n) is 5.36. The lowest BCUT2D eigenvalue weighted by Crippen LogP contribution is -2.33. The van der Waals surface area contributed by atoms with Crippen molar-refractivity contribution in [3.63, 3.8) is 0 Å². The molecule has 0 radical (unpaired) electrons. The van der Waals surface area contributed by atoms with E-state index in [0.717, 1.165) is 28.6 Å². The molecule has 1 saturated heterocycles. The highest BCUT2D eigenvalue weighted by atomic mass is 127. The SMILES string of the molecule is NC1CCC2CN(C(=O)c3ccccc3I)CC12. The van der Waals surface area contributed by atoms with Gasteiger partial charge in [-0.25, -0.2) is 0 Å². The number of rotatable bonds is 1. The Morgan fingerprint density at radius 1 is 1.28 bits per heavy atom. The Labute approximate surface area is 121 Å². The molecule has 3 rings (SSSR count). The molecule has 1 aromatic rings. The molecule has 2 fully saturated rings. The van der Waals surface area contributed by atoms with Crippen LogP contribution in [0.5, 0.6) is 0 Å². The largest absolute Gasteiger partial charge is 0.338 e. The van der Waals surface area contributed by atoms with E-state index in [0.29, 0.717) is 17.9 Å². The zero-order valence-corrected chi connectivity index (χ0v) is 12.3. The Morgan fingerprint density at radius 2 is 2.06 bits per heavy atom. The van der Waals surface area contributed by atoms with Crippen LogP contribution < -0.4 is 5.73 Å². The van der Waals surface area contributed by atoms with Gasteiger partial charge >= 0.3 is 0 Å². The Morgan fingerprint density at radius 3 is 2.78 bits per heavy atom. The maximum Gasteiger partial charge on any atom is 0.254 e. The molecule has 96 valence electrons. The summed E-state index contributed by atoms with van der Waals surface area (Å²) in [7, 11) is 0. The lowest BCUT2D eigenvalue weighted by Gasteiger charge is -2.19. The van der Waals surface area contributed by atoms with Gasteiger partial charge in [0.15, 0.2) is 0 Å². The third-order valence-corrected chi connectivity index (χ3v) is 5.24. The fourth-order valence-electron chi connectivity index (χ4n) is 3.28. The minimum absolute atomic E-state index is 0.168. The predicted octanol–water partition coefficient (Wildman–Crippen LogP) is 2.10. The van der Waals surface area contributed by atoms with Gasteiger partial charge in [-0.1, -0.05) is 12.1 Å². The van der Waals surface area contributed by atoms with Crippen molar-refractivity contribution in [1.29, 1.82) is 0 Å². The summed E-state index contributed by atoms with van der Waals surface area (Å²) in [5.41, 5.74) is 6.94. The highest BCUT2D eigenvalue weighted by molar-refractivity contribution is 14.1. The minimum atomic E-state index is 0.168. The maximum atomic E-state index is 12.5. The summed E-state index contributed by atoms with van der Waals surface area (Å²) in [6.45, 7) is 1.73. The summed E-state index contributed by atoms with van der Waals surface area (Å²) >= 11 is 2.23. The van der Waals surface area contributed by atoms with Gasteiger partial charge in [-0.15, -0.1) is 0 Å². The molecule has 3 nitrogen and oxygen atoms in total. The van der Waals surface area contributed by atoms with Gasteiger partial charge in [-0.2, -0.15) is 0 Å². The molecule has 1 amide bonds. The van der Waals surface area contributed by atoms with Crippen LogP contribution in [0, 0.1) is 15.4 Å². The molecule has 1 aromatic carbocycles. The molecular weight excluding hydrogens is 339 g/mol. The van der Waals surface area contributed by atoms with Gasteiger partial charge in [-0.05, 0) is 59.4 Å². The fraction of sp³-hybridized carbons (Fsp3) is 0.500. The Kier molecular flexibility index (Phi) is 3.32. The smallest absolute Gasteiger partial charge is 0.254 e. The normalized spacial score (nSPS) is 30.6. The van der Waals surface area contributed by atoms with E-state index in [1.165, 1.54) is 6.42 Å². The minimum Gasteiger partial charge on any atom is -0.338 e. The van der Waals surface area contributed by atoms with Gasteiger partial charge in [-0.3, -0.25) is 4.79 Å². The van der Waals surface area contributed by atoms with Gasteiger partial charge < -0.3 is 10.6 Å². The Hall–Kier alpha value is -0.620. The lowest BCUT2D eigenvalue weighted by atomic mass is 9.98. The van der Waals surface area contributed by atoms with Crippen molar-refractivity contribution in [2.45, 2.75) is 18.9 Å². The van der Waals surface area contributed by atoms with E-state index >= 15 is 0 Å². The lowest BCUT2D eigenvalue weighted by molar-refractivity contribution is 0.0778. The zero-order chi connectivity index (χ0) is 12.7. The number of amides is 1. The molecule has 3 atom stereocenters. The number of nitrogens with zero attached hydrogens (tertiary/aromatic N) is 1. The summed E-state index contributed by atoms with van der Waals surface area (Å²) < 4.78 is 1.03. The molecule has 0 aromatic heterocycles. The van der Waals surface area contributed by atoms with E-state index < -0.39 is 0 Å². The topological polar surface area (TPSA) is 46.3 Å². The molecule has 2 N–H and O–H groups in total. The number of likely N-dealkylation sites (tertiary alicyclic amines) is 1. The quantitative estimate of drug-likeness (QED) is 0.784. The summed E-state index contributed by atoms with van der Waals surface area (Å²) in [6.07, 6.45) is 2.31. The Balaban J connectivity index is 1.78. The van der Waals surface area contributed by atoms with Crippen molar-refractivity contribution in [3.8, 4) is 0 Å². The number of halogens is 1. The summed E-state index contributed by atoms with van der Waals surface area (Å²) in [5, 5.41) is 0. The maximum absolute atomic E-state index is 12.5. The predicted molar refractivity (Wildman–Crippen MR) is 79.3 cm³/mol. The molecule has 1 saturated carbocycles. The van der Waals surface area contributed by atoms with Crippen LogP contribution in [-0.2, 0) is 0 Å². The number of hydrogen-bond acceptors (Lipinski definition) is 2. The van der Waals surface area contributed by atoms with Gasteiger partial charge in [0.2, 0.25) is 0 Å². The van der Waals surface area contributed by atoms with Crippen molar-refractivity contribution in [3.05, 3.63) is 33.4 Å². The second kappa shape index (κ2) is 4.81. The van der Waals surface area contributed by atoms with Crippen LogP contribution in [0.3, 0.4) is 0 Å². The van der Waals surface area contributed by atoms with Crippen LogP contribution in [0.4, 0.5) is 0 Å². The summed E-state index contributed by atoms with van der Waals surface area (Å²) in [5.74, 6) is 1.32. The first-order valence-corrected chi connectivity index (χ1v) is 7.54. The van der Waals surface area contributed by atoms with Crippen LogP contribution in [0.15, 0.2) is 24.3 Å². The number of fused-ring (bicyclic) bond motifs is 1. The molecule has 1 aliphatic carbocycles. The van der Waals surface area contributed by atoms with E-state index in [1.54, 1.807) is 0 Å². The molecular formula is C14H17IN2O. The van der Waals surface area contributed by atoms with E-state index in [1.807, 2.05) is 29.2 Å². The number of carbonyl (C=O) groups excluding carboxylic acids is 1. The first-order chi connectivity index (χ1) is 8.66. The van der Waals surface area contributed by atoms with E-state index in [9.17, 15) is 4.79 Å². The number of nitrogens with two attached hydrogens (primary N) is 1. The van der Waals surface area contributed by atoms with Crippen molar-refractivity contribution >= 4 is 28.5 Å². The highest BCUT2D eigenvalue weighted by Crippen LogP contribution is 2.37. The van der Waals surface area contributed by atoms with Crippen molar-refractivity contribution in [2.24, 2.45) is 17.6 Å². The third-order valence-electron chi connectivity index (χ3n) is 4.30. The highest BCUT2D eigenvalue weighted by Gasteiger charge is 2.42. The third kappa shape index (κ3) is 2.05. The zero-order valence-electron chi connectivity index (χ0n) is 10.2. The molecule has 3 unspecified atom stereocenters. The second-order valence-corrected chi connectivity index (χ2v) is 6.52. The van der Waals surface area contributed by atoms with Crippen LogP contribution in [0.25, 0.3) is 0 Å². The molecule has 2 aliphatic rings. The average Bonchev–Trinajstić information content (AvgIpc) is 2.92. The summed E-state index contributed by atoms with van der Waals surface area (Å²) in [4.78, 5) is 14.5. The molecule has 1 aliphatic heterocycles. The molecule has 4 heteroatoms. The number of carbonyl (C=O) groups is 1. The van der Waals surface area contributed by atoms with Crippen LogP contribution in [0.2, 0.25) is 0 Å². The van der Waals surface area contributed by atoms with Gasteiger partial charge in [0, 0.05) is 22.7 Å². The van der Waals surface area contributed by atoms with E-state index in [-0.39, 0.29) is 5.91 Å². The van der Waals surface area contributed by atoms with Crippen molar-refractivity contribution in [1.82, 2.24) is 4.90 Å². The molecule has 0 spiro atoms. The first kappa shape index (κ1) is 12.4. The summed E-state index contributed by atoms with van der Waals surface area (Å²) in [6, 6.07) is 8.09. The molecule has 1 heterocycles. The van der Waals surface area contributed by atoms with Crippen molar-refractivity contribution in [2.75, 3.05) is 13.1 Å². The fourth-order valence-corrected chi connectivity index (χ4v) is 3.90. The van der Waals surface area contributed by atoms with Gasteiger partial charge in [0.05, 0.1) is 5.56 Å². The van der Waals surface area contributed by atoms with E-state index in [2.05, 4.69) is 22.6 Å². The monoisotopic (exact) mass is 356 g/mol. The van der Waals surface area contributed by atoms with Crippen molar-refractivity contribution < 1.29 is 4.79 Å². The number of benzene rings is 1. The molecule has 18 heavy (non-hydrogen) atoms. The standard InChI is InChI=1S/C14H17IN2O/c15-12-4-2-1-3-10(12)14(18)17-7-9-5-6-13(16)11(9)8-17/h1-4,9,11,13H,5-8,16H2. The van der Waals surface area contributed by atoms with Gasteiger partial charge in [0.25, 0.3) is 5.91 Å². The van der Waals surface area contributed by atoms with E-state index in [4.69, 9.17) is 5.73 Å². The first-order valence-electron chi connectivity index (χ1n) is 6.46. The van der Waals surface area contributed by atoms with Crippen LogP contribution in [-0.4, -0.2) is 29.9 Å².